The molecule has 0 spiro atoms. The molecule has 0 amide bonds. The van der Waals surface area contributed by atoms with E-state index in [9.17, 15) is 9.59 Å². The van der Waals surface area contributed by atoms with Gasteiger partial charge in [-0.2, -0.15) is 0 Å². The summed E-state index contributed by atoms with van der Waals surface area (Å²) in [5, 5.41) is 17.0. The molecule has 0 rings (SSSR count). The van der Waals surface area contributed by atoms with Crippen molar-refractivity contribution in [1.82, 2.24) is 0 Å². The van der Waals surface area contributed by atoms with Gasteiger partial charge in [-0.05, 0) is 44.9 Å². The highest BCUT2D eigenvalue weighted by atomic mass is 16.4. The van der Waals surface area contributed by atoms with Crippen LogP contribution in [0.5, 0.6) is 0 Å². The number of carbonyl (C=O) groups is 2. The summed E-state index contributed by atoms with van der Waals surface area (Å²) >= 11 is 0. The summed E-state index contributed by atoms with van der Waals surface area (Å²) in [4.78, 5) is 20.6. The van der Waals surface area contributed by atoms with Crippen molar-refractivity contribution in [3.05, 3.63) is 24.3 Å². The Morgan fingerprint density at radius 3 is 1.00 bits per heavy atom. The van der Waals surface area contributed by atoms with E-state index in [0.29, 0.717) is 6.42 Å². The molecule has 0 radical (unpaired) electrons. The number of aliphatic carboxylic acids is 2. The van der Waals surface area contributed by atoms with Crippen molar-refractivity contribution >= 4 is 11.9 Å². The van der Waals surface area contributed by atoms with Gasteiger partial charge in [0.15, 0.2) is 0 Å². The van der Waals surface area contributed by atoms with Crippen molar-refractivity contribution in [2.75, 3.05) is 0 Å². The fourth-order valence-corrected chi connectivity index (χ4v) is 5.16. The number of carboxylic acid groups (broad SMARTS) is 2. The molecule has 2 N–H and O–H groups in total. The molecule has 4 nitrogen and oxygen atoms in total. The molecule has 0 aromatic heterocycles. The van der Waals surface area contributed by atoms with Crippen LogP contribution in [0.4, 0.5) is 0 Å². The van der Waals surface area contributed by atoms with Crippen LogP contribution < -0.4 is 0 Å². The number of allylic oxidation sites excluding steroid dienone is 3. The zero-order valence-electron chi connectivity index (χ0n) is 28.2. The largest absolute Gasteiger partial charge is 0.481 e. The molecular weight excluding hydrogens is 520 g/mol. The molecule has 0 saturated heterocycles. The Hall–Kier alpha value is -1.58. The number of unbranched alkanes of at least 4 members (excludes halogenated alkanes) is 26. The van der Waals surface area contributed by atoms with Gasteiger partial charge in [-0.3, -0.25) is 4.79 Å². The summed E-state index contributed by atoms with van der Waals surface area (Å²) in [7, 11) is 0. The van der Waals surface area contributed by atoms with E-state index in [4.69, 9.17) is 10.2 Å². The van der Waals surface area contributed by atoms with Gasteiger partial charge in [-0.25, -0.2) is 4.79 Å². The van der Waals surface area contributed by atoms with E-state index >= 15 is 0 Å². The zero-order valence-corrected chi connectivity index (χ0v) is 28.2. The third-order valence-electron chi connectivity index (χ3n) is 7.89. The van der Waals surface area contributed by atoms with Crippen LogP contribution in [-0.2, 0) is 9.59 Å². The molecule has 0 unspecified atom stereocenters. The summed E-state index contributed by atoms with van der Waals surface area (Å²) in [6.07, 6.45) is 45.7. The van der Waals surface area contributed by atoms with Crippen LogP contribution in [0.1, 0.15) is 206 Å². The number of rotatable bonds is 32. The highest BCUT2D eigenvalue weighted by molar-refractivity contribution is 5.79. The van der Waals surface area contributed by atoms with Crippen LogP contribution in [-0.4, -0.2) is 22.2 Å². The minimum atomic E-state index is -0.832. The molecule has 0 aliphatic carbocycles. The van der Waals surface area contributed by atoms with Crippen LogP contribution >= 0.6 is 0 Å². The molecule has 0 saturated carbocycles. The molecule has 0 aliphatic rings. The molecular formula is C38H72O4. The summed E-state index contributed by atoms with van der Waals surface area (Å²) < 4.78 is 0. The number of hydrogen-bond acceptors (Lipinski definition) is 2. The average molecular weight is 593 g/mol. The molecule has 4 heteroatoms. The summed E-state index contributed by atoms with van der Waals surface area (Å²) in [6.45, 7) is 4.53. The van der Waals surface area contributed by atoms with E-state index in [1.54, 1.807) is 6.08 Å². The first kappa shape index (κ1) is 42.6. The normalized spacial score (nSPS) is 11.3. The van der Waals surface area contributed by atoms with Gasteiger partial charge in [0.2, 0.25) is 0 Å². The van der Waals surface area contributed by atoms with Crippen molar-refractivity contribution in [2.24, 2.45) is 0 Å². The van der Waals surface area contributed by atoms with Gasteiger partial charge in [0.25, 0.3) is 0 Å². The maximum absolute atomic E-state index is 10.3. The van der Waals surface area contributed by atoms with Gasteiger partial charge >= 0.3 is 11.9 Å². The first-order valence-electron chi connectivity index (χ1n) is 18.3. The highest BCUT2D eigenvalue weighted by Gasteiger charge is 1.96. The van der Waals surface area contributed by atoms with Crippen LogP contribution in [0, 0.1) is 0 Å². The van der Waals surface area contributed by atoms with E-state index in [-0.39, 0.29) is 0 Å². The Morgan fingerprint density at radius 1 is 0.405 bits per heavy atom. The molecule has 42 heavy (non-hydrogen) atoms. The Kier molecular flexibility index (Phi) is 39.9. The van der Waals surface area contributed by atoms with Crippen LogP contribution in [0.2, 0.25) is 0 Å². The Labute approximate surface area is 262 Å². The van der Waals surface area contributed by atoms with Crippen molar-refractivity contribution < 1.29 is 19.8 Å². The monoisotopic (exact) mass is 593 g/mol. The molecule has 248 valence electrons. The fraction of sp³-hybridized carbons (Fsp3) is 0.842. The Morgan fingerprint density at radius 2 is 0.690 bits per heavy atom. The van der Waals surface area contributed by atoms with Crippen molar-refractivity contribution in [1.29, 1.82) is 0 Å². The van der Waals surface area contributed by atoms with Crippen LogP contribution in [0.15, 0.2) is 24.3 Å². The van der Waals surface area contributed by atoms with Crippen molar-refractivity contribution in [3.63, 3.8) is 0 Å². The van der Waals surface area contributed by atoms with E-state index in [0.717, 1.165) is 25.7 Å². The summed E-state index contributed by atoms with van der Waals surface area (Å²) in [5.41, 5.74) is 0. The second-order valence-corrected chi connectivity index (χ2v) is 12.2. The van der Waals surface area contributed by atoms with Gasteiger partial charge < -0.3 is 10.2 Å². The third-order valence-corrected chi connectivity index (χ3v) is 7.89. The van der Waals surface area contributed by atoms with Gasteiger partial charge in [0.05, 0.1) is 0 Å². The molecule has 0 aliphatic heterocycles. The lowest BCUT2D eigenvalue weighted by molar-refractivity contribution is -0.137. The maximum atomic E-state index is 10.3. The first-order valence-corrected chi connectivity index (χ1v) is 18.3. The second-order valence-electron chi connectivity index (χ2n) is 12.2. The molecule has 0 heterocycles. The van der Waals surface area contributed by atoms with Crippen molar-refractivity contribution in [2.45, 2.75) is 206 Å². The summed E-state index contributed by atoms with van der Waals surface area (Å²) in [5.74, 6) is -1.50. The van der Waals surface area contributed by atoms with Gasteiger partial charge in [0.1, 0.15) is 0 Å². The number of carboxylic acids is 2. The van der Waals surface area contributed by atoms with E-state index in [1.807, 2.05) is 0 Å². The predicted octanol–water partition coefficient (Wildman–Crippen LogP) is 13.0. The first-order chi connectivity index (χ1) is 20.5. The Balaban J connectivity index is 0. The Bertz CT molecular complexity index is 596. The summed E-state index contributed by atoms with van der Waals surface area (Å²) in [6, 6.07) is 0. The predicted molar refractivity (Wildman–Crippen MR) is 183 cm³/mol. The van der Waals surface area contributed by atoms with Crippen molar-refractivity contribution in [3.8, 4) is 0 Å². The molecule has 0 fully saturated rings. The van der Waals surface area contributed by atoms with E-state index in [2.05, 4.69) is 26.0 Å². The molecule has 0 aromatic carbocycles. The smallest absolute Gasteiger partial charge is 0.327 e. The lowest BCUT2D eigenvalue weighted by Crippen LogP contribution is -1.93. The van der Waals surface area contributed by atoms with Crippen LogP contribution in [0.25, 0.3) is 0 Å². The standard InChI is InChI=1S/C20H38O2.C18H34O2/c1-2-3-4-5-6-7-8-9-10-11-12-13-14-15-16-17-18-19-20(21)22;1-2-3-4-5-6-7-8-9-10-11-12-13-14-15-16-17-18(19)20/h18-19H,2-17H2,1H3,(H,21,22);9-10H,2-8,11-17H2,1H3,(H,19,20)/b19-18+;10-9+. The lowest BCUT2D eigenvalue weighted by Gasteiger charge is -2.03. The SMILES string of the molecule is CCCCCCCC/C=C/CCCCCCCC(=O)O.CCCCCCCCCCCCCCCCC/C=C/C(=O)O. The lowest BCUT2D eigenvalue weighted by atomic mass is 10.0. The molecule has 0 bridgehead atoms. The highest BCUT2D eigenvalue weighted by Crippen LogP contribution is 2.14. The van der Waals surface area contributed by atoms with E-state index in [1.165, 1.54) is 167 Å². The minimum Gasteiger partial charge on any atom is -0.481 e. The van der Waals surface area contributed by atoms with Gasteiger partial charge in [-0.1, -0.05) is 173 Å². The average Bonchev–Trinajstić information content (AvgIpc) is 2.97. The molecule has 0 aromatic rings. The topological polar surface area (TPSA) is 74.6 Å². The number of hydrogen-bond donors (Lipinski definition) is 2. The second kappa shape index (κ2) is 39.4. The minimum absolute atomic E-state index is 0.332. The zero-order chi connectivity index (χ0) is 31.2. The maximum Gasteiger partial charge on any atom is 0.327 e. The third kappa shape index (κ3) is 45.4. The quantitative estimate of drug-likeness (QED) is 0.0463. The van der Waals surface area contributed by atoms with Gasteiger partial charge in [0, 0.05) is 12.5 Å². The fourth-order valence-electron chi connectivity index (χ4n) is 5.16. The van der Waals surface area contributed by atoms with Crippen LogP contribution in [0.3, 0.4) is 0 Å². The molecule has 0 atom stereocenters. The van der Waals surface area contributed by atoms with Gasteiger partial charge in [-0.15, -0.1) is 0 Å². The van der Waals surface area contributed by atoms with E-state index < -0.39 is 11.9 Å².